The topological polar surface area (TPSA) is 116 Å². The van der Waals surface area contributed by atoms with Gasteiger partial charge in [0.1, 0.15) is 13.2 Å². The summed E-state index contributed by atoms with van der Waals surface area (Å²) in [7, 11) is 0. The van der Waals surface area contributed by atoms with Crippen LogP contribution in [-0.2, 0) is 9.53 Å². The van der Waals surface area contributed by atoms with Gasteiger partial charge >= 0.3 is 12.0 Å². The molecule has 1 aliphatic heterocycles. The fourth-order valence-electron chi connectivity index (χ4n) is 2.04. The summed E-state index contributed by atoms with van der Waals surface area (Å²) in [5.41, 5.74) is 0.419. The van der Waals surface area contributed by atoms with Gasteiger partial charge in [-0.2, -0.15) is 0 Å². The maximum absolute atomic E-state index is 11.8. The molecular weight excluding hydrogens is 332 g/mol. The number of benzene rings is 1. The van der Waals surface area contributed by atoms with Crippen molar-refractivity contribution in [2.45, 2.75) is 0 Å². The lowest BCUT2D eigenvalue weighted by atomic mass is 10.2. The Morgan fingerprint density at radius 3 is 2.64 bits per heavy atom. The predicted molar refractivity (Wildman–Crippen MR) is 83.6 cm³/mol. The molecule has 2 aromatic rings. The minimum atomic E-state index is -0.799. The molecule has 3 rings (SSSR count). The number of furan rings is 1. The van der Waals surface area contributed by atoms with Crippen molar-refractivity contribution in [2.75, 3.05) is 25.1 Å². The third-order valence-corrected chi connectivity index (χ3v) is 3.11. The Morgan fingerprint density at radius 1 is 1.08 bits per heavy atom. The van der Waals surface area contributed by atoms with Crippen LogP contribution < -0.4 is 20.1 Å². The number of hydrogen-bond donors (Lipinski definition) is 2. The van der Waals surface area contributed by atoms with Crippen LogP contribution in [-0.4, -0.2) is 37.7 Å². The summed E-state index contributed by atoms with van der Waals surface area (Å²) in [6.45, 7) is 0.266. The van der Waals surface area contributed by atoms with Gasteiger partial charge < -0.3 is 23.9 Å². The van der Waals surface area contributed by atoms with Crippen molar-refractivity contribution in [3.05, 3.63) is 42.4 Å². The van der Waals surface area contributed by atoms with E-state index >= 15 is 0 Å². The van der Waals surface area contributed by atoms with Crippen molar-refractivity contribution in [1.29, 1.82) is 0 Å². The van der Waals surface area contributed by atoms with Crippen LogP contribution in [0.2, 0.25) is 0 Å². The highest BCUT2D eigenvalue weighted by atomic mass is 16.6. The average molecular weight is 346 g/mol. The molecule has 1 aromatic heterocycles. The number of nitrogens with one attached hydrogen (secondary N) is 2. The van der Waals surface area contributed by atoms with Crippen LogP contribution in [0.15, 0.2) is 41.0 Å². The lowest BCUT2D eigenvalue weighted by Crippen LogP contribution is -2.37. The smallest absolute Gasteiger partial charge is 0.374 e. The molecule has 1 aliphatic rings. The highest BCUT2D eigenvalue weighted by molar-refractivity contribution is 6.02. The minimum absolute atomic E-state index is 0.0338. The summed E-state index contributed by atoms with van der Waals surface area (Å²) in [6, 6.07) is 6.98. The van der Waals surface area contributed by atoms with E-state index in [1.807, 2.05) is 5.32 Å². The van der Waals surface area contributed by atoms with Gasteiger partial charge in [-0.15, -0.1) is 0 Å². The normalized spacial score (nSPS) is 12.2. The summed E-state index contributed by atoms with van der Waals surface area (Å²) in [5, 5.41) is 4.51. The first-order valence-electron chi connectivity index (χ1n) is 7.33. The molecule has 3 amide bonds. The SMILES string of the molecule is O=C(COC(=O)c1ccco1)NC(=O)Nc1ccc2c(c1)OCCO2. The van der Waals surface area contributed by atoms with Crippen LogP contribution in [0.4, 0.5) is 10.5 Å². The van der Waals surface area contributed by atoms with Gasteiger partial charge in [-0.25, -0.2) is 9.59 Å². The number of rotatable bonds is 4. The zero-order chi connectivity index (χ0) is 17.6. The molecule has 0 fully saturated rings. The molecule has 0 radical (unpaired) electrons. The lowest BCUT2D eigenvalue weighted by molar-refractivity contribution is -0.123. The fourth-order valence-corrected chi connectivity index (χ4v) is 2.04. The maximum atomic E-state index is 11.8. The summed E-state index contributed by atoms with van der Waals surface area (Å²) < 4.78 is 20.3. The van der Waals surface area contributed by atoms with E-state index in [1.54, 1.807) is 18.2 Å². The van der Waals surface area contributed by atoms with Crippen molar-refractivity contribution in [1.82, 2.24) is 5.32 Å². The second-order valence-electron chi connectivity index (χ2n) is 4.91. The Balaban J connectivity index is 1.47. The molecule has 0 bridgehead atoms. The summed E-state index contributed by atoms with van der Waals surface area (Å²) in [5.74, 6) is -0.531. The number of hydrogen-bond acceptors (Lipinski definition) is 7. The number of urea groups is 1. The second-order valence-corrected chi connectivity index (χ2v) is 4.91. The molecule has 0 atom stereocenters. The molecular formula is C16H14N2O7. The van der Waals surface area contributed by atoms with Crippen molar-refractivity contribution >= 4 is 23.6 Å². The van der Waals surface area contributed by atoms with Gasteiger partial charge in [0.05, 0.1) is 6.26 Å². The third-order valence-electron chi connectivity index (χ3n) is 3.11. The van der Waals surface area contributed by atoms with E-state index in [-0.39, 0.29) is 5.76 Å². The van der Waals surface area contributed by atoms with Crippen LogP contribution in [0, 0.1) is 0 Å². The van der Waals surface area contributed by atoms with Crippen molar-refractivity contribution < 1.29 is 33.0 Å². The maximum Gasteiger partial charge on any atom is 0.374 e. The Bertz CT molecular complexity index is 786. The molecule has 9 nitrogen and oxygen atoms in total. The average Bonchev–Trinajstić information content (AvgIpc) is 3.14. The zero-order valence-corrected chi connectivity index (χ0v) is 12.9. The van der Waals surface area contributed by atoms with E-state index < -0.39 is 24.5 Å². The molecule has 130 valence electrons. The Labute approximate surface area is 141 Å². The number of ether oxygens (including phenoxy) is 3. The number of esters is 1. The first kappa shape index (κ1) is 16.4. The van der Waals surface area contributed by atoms with E-state index in [4.69, 9.17) is 18.6 Å². The largest absolute Gasteiger partial charge is 0.486 e. The van der Waals surface area contributed by atoms with Crippen LogP contribution in [0.1, 0.15) is 10.6 Å². The summed E-state index contributed by atoms with van der Waals surface area (Å²) in [4.78, 5) is 34.9. The second kappa shape index (κ2) is 7.39. The molecule has 9 heteroatoms. The lowest BCUT2D eigenvalue weighted by Gasteiger charge is -2.19. The van der Waals surface area contributed by atoms with Gasteiger partial charge in [-0.1, -0.05) is 0 Å². The number of anilines is 1. The molecule has 25 heavy (non-hydrogen) atoms. The zero-order valence-electron chi connectivity index (χ0n) is 12.9. The highest BCUT2D eigenvalue weighted by Crippen LogP contribution is 2.32. The molecule has 1 aromatic carbocycles. The van der Waals surface area contributed by atoms with E-state index in [0.717, 1.165) is 0 Å². The van der Waals surface area contributed by atoms with Crippen molar-refractivity contribution in [3.8, 4) is 11.5 Å². The number of carbonyl (C=O) groups excluding carboxylic acids is 3. The van der Waals surface area contributed by atoms with Crippen molar-refractivity contribution in [2.24, 2.45) is 0 Å². The van der Waals surface area contributed by atoms with E-state index in [1.165, 1.54) is 18.4 Å². The van der Waals surface area contributed by atoms with Crippen molar-refractivity contribution in [3.63, 3.8) is 0 Å². The Morgan fingerprint density at radius 2 is 1.88 bits per heavy atom. The molecule has 0 aliphatic carbocycles. The molecule has 0 unspecified atom stereocenters. The molecule has 2 N–H and O–H groups in total. The summed E-state index contributed by atoms with van der Waals surface area (Å²) in [6.07, 6.45) is 1.30. The van der Waals surface area contributed by atoms with Crippen LogP contribution in [0.3, 0.4) is 0 Å². The number of carbonyl (C=O) groups is 3. The molecule has 0 spiro atoms. The summed E-state index contributed by atoms with van der Waals surface area (Å²) >= 11 is 0. The van der Waals surface area contributed by atoms with Gasteiger partial charge in [0.25, 0.3) is 5.91 Å². The quantitative estimate of drug-likeness (QED) is 0.807. The third kappa shape index (κ3) is 4.28. The fraction of sp³-hybridized carbons (Fsp3) is 0.188. The first-order chi connectivity index (χ1) is 12.1. The highest BCUT2D eigenvalue weighted by Gasteiger charge is 2.16. The van der Waals surface area contributed by atoms with Gasteiger partial charge in [0.2, 0.25) is 5.76 Å². The molecule has 0 saturated carbocycles. The number of fused-ring (bicyclic) bond motifs is 1. The number of imide groups is 1. The molecule has 2 heterocycles. The van der Waals surface area contributed by atoms with Crippen LogP contribution >= 0.6 is 0 Å². The van der Waals surface area contributed by atoms with Gasteiger partial charge in [0, 0.05) is 11.8 Å². The Hall–Kier alpha value is -3.49. The first-order valence-corrected chi connectivity index (χ1v) is 7.33. The van der Waals surface area contributed by atoms with E-state index in [0.29, 0.717) is 30.4 Å². The predicted octanol–water partition coefficient (Wildman–Crippen LogP) is 1.56. The Kier molecular flexibility index (Phi) is 4.84. The van der Waals surface area contributed by atoms with Gasteiger partial charge in [-0.3, -0.25) is 10.1 Å². The minimum Gasteiger partial charge on any atom is -0.486 e. The van der Waals surface area contributed by atoms with Crippen LogP contribution in [0.25, 0.3) is 0 Å². The van der Waals surface area contributed by atoms with Crippen LogP contribution in [0.5, 0.6) is 11.5 Å². The number of amides is 3. The van der Waals surface area contributed by atoms with E-state index in [9.17, 15) is 14.4 Å². The van der Waals surface area contributed by atoms with Gasteiger partial charge in [0.15, 0.2) is 18.1 Å². The standard InChI is InChI=1S/C16H14N2O7/c19-14(9-25-15(20)12-2-1-5-22-12)18-16(21)17-10-3-4-11-13(8-10)24-7-6-23-11/h1-5,8H,6-7,9H2,(H2,17,18,19,21). The van der Waals surface area contributed by atoms with E-state index in [2.05, 4.69) is 5.32 Å². The molecule has 0 saturated heterocycles. The van der Waals surface area contributed by atoms with Gasteiger partial charge in [-0.05, 0) is 24.3 Å². The monoisotopic (exact) mass is 346 g/mol.